The number of nitrogens with zero attached hydrogens (tertiary/aromatic N) is 3. The molecule has 232 valence electrons. The zero-order chi connectivity index (χ0) is 32.8. The lowest BCUT2D eigenvalue weighted by atomic mass is 10.00. The molecular weight excluding hydrogens is 627 g/mol. The maximum absolute atomic E-state index is 5.22. The second-order valence-corrected chi connectivity index (χ2v) is 14.0. The van der Waals surface area contributed by atoms with Crippen molar-refractivity contribution >= 4 is 85.8 Å². The van der Waals surface area contributed by atoms with Crippen LogP contribution in [0.15, 0.2) is 164 Å². The standard InChI is InChI=1S/C46H27N3S/c1-2-12-30-27-31(22-21-28(30)11-1)43-35-15-5-8-18-38(35)47-46(48-43)29-23-25-32(26-24-29)49-39-19-9-6-16-36(39)41-42-37-17-7-10-20-40(37)50-45(42)34-14-4-3-13-33(34)44(41)49/h1-27H. The van der Waals surface area contributed by atoms with Gasteiger partial charge in [0.2, 0.25) is 0 Å². The minimum absolute atomic E-state index is 0.720. The molecule has 0 fully saturated rings. The van der Waals surface area contributed by atoms with Crippen LogP contribution in [0.4, 0.5) is 0 Å². The summed E-state index contributed by atoms with van der Waals surface area (Å²) in [4.78, 5) is 10.3. The summed E-state index contributed by atoms with van der Waals surface area (Å²) >= 11 is 1.90. The van der Waals surface area contributed by atoms with Crippen molar-refractivity contribution in [1.29, 1.82) is 0 Å². The molecule has 0 aliphatic carbocycles. The Kier molecular flexibility index (Phi) is 5.83. The SMILES string of the molecule is c1ccc2cc(-c3nc(-c4ccc(-n5c6ccccc6c6c7c8ccccc8sc7c7ccccc7c65)cc4)nc4ccccc34)ccc2c1. The number of aromatic nitrogens is 3. The van der Waals surface area contributed by atoms with E-state index in [2.05, 4.69) is 162 Å². The van der Waals surface area contributed by atoms with Gasteiger partial charge in [-0.3, -0.25) is 0 Å². The van der Waals surface area contributed by atoms with Gasteiger partial charge in [-0.1, -0.05) is 115 Å². The van der Waals surface area contributed by atoms with Gasteiger partial charge < -0.3 is 4.57 Å². The van der Waals surface area contributed by atoms with E-state index in [1.54, 1.807) is 0 Å². The van der Waals surface area contributed by atoms with Crippen LogP contribution in [-0.4, -0.2) is 14.5 Å². The topological polar surface area (TPSA) is 30.7 Å². The van der Waals surface area contributed by atoms with Gasteiger partial charge in [0.1, 0.15) is 0 Å². The van der Waals surface area contributed by atoms with Crippen LogP contribution < -0.4 is 0 Å². The third-order valence-corrected chi connectivity index (χ3v) is 11.4. The minimum Gasteiger partial charge on any atom is -0.309 e. The molecule has 0 aliphatic rings. The summed E-state index contributed by atoms with van der Waals surface area (Å²) in [7, 11) is 0. The van der Waals surface area contributed by atoms with Gasteiger partial charge in [-0.2, -0.15) is 0 Å². The van der Waals surface area contributed by atoms with E-state index in [9.17, 15) is 0 Å². The van der Waals surface area contributed by atoms with Crippen molar-refractivity contribution < 1.29 is 0 Å². The highest BCUT2D eigenvalue weighted by molar-refractivity contribution is 7.27. The molecular formula is C46H27N3S. The zero-order valence-corrected chi connectivity index (χ0v) is 27.7. The molecule has 0 aliphatic heterocycles. The summed E-state index contributed by atoms with van der Waals surface area (Å²) < 4.78 is 5.12. The number of hydrogen-bond acceptors (Lipinski definition) is 3. The van der Waals surface area contributed by atoms with Gasteiger partial charge in [0.25, 0.3) is 0 Å². The summed E-state index contributed by atoms with van der Waals surface area (Å²) in [6.07, 6.45) is 0. The van der Waals surface area contributed by atoms with E-state index in [1.807, 2.05) is 17.4 Å². The highest BCUT2D eigenvalue weighted by Gasteiger charge is 2.21. The number of thiophene rings is 1. The summed E-state index contributed by atoms with van der Waals surface area (Å²) in [6.45, 7) is 0. The van der Waals surface area contributed by atoms with Crippen LogP contribution in [0.1, 0.15) is 0 Å². The normalized spacial score (nSPS) is 12.0. The monoisotopic (exact) mass is 653 g/mol. The lowest BCUT2D eigenvalue weighted by molar-refractivity contribution is 1.18. The third kappa shape index (κ3) is 3.97. The van der Waals surface area contributed by atoms with Gasteiger partial charge in [0, 0.05) is 63.9 Å². The third-order valence-electron chi connectivity index (χ3n) is 10.2. The Morgan fingerprint density at radius 2 is 1.12 bits per heavy atom. The molecule has 8 aromatic carbocycles. The van der Waals surface area contributed by atoms with Crippen molar-refractivity contribution in [3.05, 3.63) is 164 Å². The van der Waals surface area contributed by atoms with Crippen molar-refractivity contribution in [3.63, 3.8) is 0 Å². The number of para-hydroxylation sites is 2. The fraction of sp³-hybridized carbons (Fsp3) is 0. The first-order chi connectivity index (χ1) is 24.8. The molecule has 3 nitrogen and oxygen atoms in total. The summed E-state index contributed by atoms with van der Waals surface area (Å²) in [6, 6.07) is 58.7. The summed E-state index contributed by atoms with van der Waals surface area (Å²) in [5.74, 6) is 0.720. The van der Waals surface area contributed by atoms with Crippen molar-refractivity contribution in [2.24, 2.45) is 0 Å². The Hall–Kier alpha value is -6.36. The Labute approximate surface area is 291 Å². The van der Waals surface area contributed by atoms with Crippen LogP contribution in [0, 0.1) is 0 Å². The molecule has 3 aromatic heterocycles. The molecule has 50 heavy (non-hydrogen) atoms. The number of hydrogen-bond donors (Lipinski definition) is 0. The first-order valence-corrected chi connectivity index (χ1v) is 17.7. The second kappa shape index (κ2) is 10.6. The van der Waals surface area contributed by atoms with E-state index in [0.29, 0.717) is 0 Å². The fourth-order valence-electron chi connectivity index (χ4n) is 7.91. The largest absolute Gasteiger partial charge is 0.309 e. The maximum Gasteiger partial charge on any atom is 0.160 e. The van der Waals surface area contributed by atoms with E-state index in [1.165, 1.54) is 63.5 Å². The zero-order valence-electron chi connectivity index (χ0n) is 26.8. The summed E-state index contributed by atoms with van der Waals surface area (Å²) in [5.41, 5.74) is 7.50. The molecule has 0 N–H and O–H groups in total. The Morgan fingerprint density at radius 3 is 1.98 bits per heavy atom. The number of benzene rings is 8. The minimum atomic E-state index is 0.720. The van der Waals surface area contributed by atoms with Crippen molar-refractivity contribution in [2.75, 3.05) is 0 Å². The Balaban J connectivity index is 1.14. The van der Waals surface area contributed by atoms with Gasteiger partial charge in [-0.05, 0) is 59.3 Å². The van der Waals surface area contributed by atoms with Gasteiger partial charge >= 0.3 is 0 Å². The molecule has 0 unspecified atom stereocenters. The van der Waals surface area contributed by atoms with Crippen LogP contribution in [-0.2, 0) is 0 Å². The van der Waals surface area contributed by atoms with Gasteiger partial charge in [0.05, 0.1) is 22.2 Å². The summed E-state index contributed by atoms with van der Waals surface area (Å²) in [5, 5.41) is 11.3. The molecule has 4 heteroatoms. The lowest BCUT2D eigenvalue weighted by Crippen LogP contribution is -1.97. The number of fused-ring (bicyclic) bond motifs is 12. The molecule has 0 spiro atoms. The molecule has 11 rings (SSSR count). The Morgan fingerprint density at radius 1 is 0.460 bits per heavy atom. The van der Waals surface area contributed by atoms with Crippen LogP contribution in [0.2, 0.25) is 0 Å². The predicted octanol–water partition coefficient (Wildman–Crippen LogP) is 12.7. The van der Waals surface area contributed by atoms with Crippen molar-refractivity contribution in [1.82, 2.24) is 14.5 Å². The highest BCUT2D eigenvalue weighted by atomic mass is 32.1. The van der Waals surface area contributed by atoms with E-state index < -0.39 is 0 Å². The molecule has 0 atom stereocenters. The molecule has 0 saturated heterocycles. The van der Waals surface area contributed by atoms with Crippen LogP contribution >= 0.6 is 11.3 Å². The predicted molar refractivity (Wildman–Crippen MR) is 213 cm³/mol. The van der Waals surface area contributed by atoms with Gasteiger partial charge in [-0.15, -0.1) is 11.3 Å². The molecule has 0 saturated carbocycles. The maximum atomic E-state index is 5.22. The molecule has 3 heterocycles. The average Bonchev–Trinajstić information content (AvgIpc) is 3.74. The molecule has 0 radical (unpaired) electrons. The van der Waals surface area contributed by atoms with Crippen LogP contribution in [0.25, 0.3) is 103 Å². The first-order valence-electron chi connectivity index (χ1n) is 16.9. The fourth-order valence-corrected chi connectivity index (χ4v) is 9.16. The van der Waals surface area contributed by atoms with Gasteiger partial charge in [-0.25, -0.2) is 9.97 Å². The van der Waals surface area contributed by atoms with Crippen LogP contribution in [0.5, 0.6) is 0 Å². The van der Waals surface area contributed by atoms with E-state index in [4.69, 9.17) is 9.97 Å². The molecule has 11 aromatic rings. The van der Waals surface area contributed by atoms with Crippen LogP contribution in [0.3, 0.4) is 0 Å². The van der Waals surface area contributed by atoms with E-state index >= 15 is 0 Å². The smallest absolute Gasteiger partial charge is 0.160 e. The lowest BCUT2D eigenvalue weighted by Gasteiger charge is -2.13. The van der Waals surface area contributed by atoms with Crippen molar-refractivity contribution in [2.45, 2.75) is 0 Å². The first kappa shape index (κ1) is 27.6. The molecule has 0 bridgehead atoms. The second-order valence-electron chi connectivity index (χ2n) is 12.9. The quantitative estimate of drug-likeness (QED) is 0.190. The highest BCUT2D eigenvalue weighted by Crippen LogP contribution is 2.48. The molecule has 0 amide bonds. The average molecular weight is 654 g/mol. The Bertz CT molecular complexity index is 3150. The van der Waals surface area contributed by atoms with E-state index in [0.717, 1.165) is 39.2 Å². The van der Waals surface area contributed by atoms with Crippen molar-refractivity contribution in [3.8, 4) is 28.3 Å². The van der Waals surface area contributed by atoms with E-state index in [-0.39, 0.29) is 0 Å². The van der Waals surface area contributed by atoms with Gasteiger partial charge in [0.15, 0.2) is 5.82 Å². The number of rotatable bonds is 3.